The fraction of sp³-hybridized carbons (Fsp3) is 0.625. The predicted octanol–water partition coefficient (Wildman–Crippen LogP) is 1.87. The number of fused-ring (bicyclic) bond motifs is 2. The van der Waals surface area contributed by atoms with Crippen LogP contribution in [-0.2, 0) is 15.9 Å². The van der Waals surface area contributed by atoms with Gasteiger partial charge in [0.05, 0.1) is 24.4 Å². The molecule has 3 saturated heterocycles. The number of ether oxygens (including phenoxy) is 2. The molecule has 4 aliphatic heterocycles. The van der Waals surface area contributed by atoms with Gasteiger partial charge in [-0.1, -0.05) is 0 Å². The number of amides is 1. The largest absolute Gasteiger partial charge is 0.444 e. The lowest BCUT2D eigenvalue weighted by molar-refractivity contribution is 0.0246. The minimum absolute atomic E-state index is 0.113. The highest BCUT2D eigenvalue weighted by Crippen LogP contribution is 2.52. The van der Waals surface area contributed by atoms with Gasteiger partial charge in [-0.05, 0) is 40.0 Å². The highest BCUT2D eigenvalue weighted by molar-refractivity contribution is 5.75. The van der Waals surface area contributed by atoms with Crippen LogP contribution in [-0.4, -0.2) is 87.5 Å². The number of anilines is 3. The number of morpholine rings is 1. The van der Waals surface area contributed by atoms with Gasteiger partial charge in [-0.25, -0.2) is 19.7 Å². The highest BCUT2D eigenvalue weighted by Gasteiger charge is 2.61. The first-order valence-electron chi connectivity index (χ1n) is 12.3. The Kier molecular flexibility index (Phi) is 5.03. The van der Waals surface area contributed by atoms with E-state index in [0.29, 0.717) is 25.7 Å². The third kappa shape index (κ3) is 3.81. The van der Waals surface area contributed by atoms with Crippen LogP contribution in [0.3, 0.4) is 0 Å². The molecule has 0 aromatic carbocycles. The van der Waals surface area contributed by atoms with E-state index >= 15 is 0 Å². The molecule has 6 heterocycles. The quantitative estimate of drug-likeness (QED) is 0.696. The number of nitrogen functional groups attached to an aromatic ring is 1. The summed E-state index contributed by atoms with van der Waals surface area (Å²) in [5.41, 5.74) is 7.91. The minimum atomic E-state index is -0.506. The summed E-state index contributed by atoms with van der Waals surface area (Å²) in [5.74, 6) is 1.89. The van der Waals surface area contributed by atoms with E-state index < -0.39 is 5.60 Å². The Balaban J connectivity index is 1.35. The van der Waals surface area contributed by atoms with Gasteiger partial charge in [-0.3, -0.25) is 0 Å². The molecule has 0 radical (unpaired) electrons. The molecule has 4 fully saturated rings. The van der Waals surface area contributed by atoms with Gasteiger partial charge >= 0.3 is 6.09 Å². The Morgan fingerprint density at radius 2 is 1.86 bits per heavy atom. The van der Waals surface area contributed by atoms with Gasteiger partial charge in [0.15, 0.2) is 0 Å². The number of rotatable bonds is 3. The molecule has 1 amide bonds. The molecular formula is C24H32N8O3. The smallest absolute Gasteiger partial charge is 0.410 e. The van der Waals surface area contributed by atoms with E-state index in [-0.39, 0.29) is 23.6 Å². The molecule has 0 spiro atoms. The second kappa shape index (κ2) is 7.91. The molecule has 5 aliphatic rings. The Labute approximate surface area is 204 Å². The zero-order valence-electron chi connectivity index (χ0n) is 20.5. The standard InChI is InChI=1S/C24H32N8O3/c1-23(2,3)35-22(33)31-14-24(10-16(31)11-24)32-5-4-17-18(15-12-26-20(25)27-13-15)28-21(29-19(17)32)30-6-8-34-9-7-30/h12-13,16H,4-11,14H2,1-3H3,(H2,25,26,27). The first kappa shape index (κ1) is 22.3. The molecule has 2 aromatic rings. The number of hydrogen-bond acceptors (Lipinski definition) is 10. The molecular weight excluding hydrogens is 448 g/mol. The Morgan fingerprint density at radius 1 is 1.14 bits per heavy atom. The van der Waals surface area contributed by atoms with Crippen molar-refractivity contribution in [2.45, 2.75) is 57.2 Å². The highest BCUT2D eigenvalue weighted by atomic mass is 16.6. The number of aromatic nitrogens is 4. The lowest BCUT2D eigenvalue weighted by Crippen LogP contribution is -2.55. The first-order valence-corrected chi connectivity index (χ1v) is 12.3. The number of nitrogens with two attached hydrogens (primary N) is 1. The normalized spacial score (nSPS) is 25.5. The minimum Gasteiger partial charge on any atom is -0.444 e. The maximum atomic E-state index is 12.8. The lowest BCUT2D eigenvalue weighted by atomic mass is 9.76. The number of nitrogens with zero attached hydrogens (tertiary/aromatic N) is 7. The van der Waals surface area contributed by atoms with Crippen LogP contribution in [0.25, 0.3) is 11.3 Å². The van der Waals surface area contributed by atoms with E-state index in [1.54, 1.807) is 12.4 Å². The van der Waals surface area contributed by atoms with Crippen LogP contribution in [0.4, 0.5) is 22.5 Å². The molecule has 0 unspecified atom stereocenters. The molecule has 35 heavy (non-hydrogen) atoms. The van der Waals surface area contributed by atoms with Gasteiger partial charge in [-0.15, -0.1) is 0 Å². The van der Waals surface area contributed by atoms with Crippen molar-refractivity contribution in [1.29, 1.82) is 0 Å². The van der Waals surface area contributed by atoms with Crippen LogP contribution in [0.2, 0.25) is 0 Å². The van der Waals surface area contributed by atoms with Crippen molar-refractivity contribution in [3.63, 3.8) is 0 Å². The van der Waals surface area contributed by atoms with E-state index in [2.05, 4.69) is 19.8 Å². The van der Waals surface area contributed by atoms with E-state index in [9.17, 15) is 4.79 Å². The van der Waals surface area contributed by atoms with E-state index in [0.717, 1.165) is 61.5 Å². The van der Waals surface area contributed by atoms with E-state index in [1.807, 2.05) is 25.7 Å². The average Bonchev–Trinajstić information content (AvgIpc) is 3.50. The lowest BCUT2D eigenvalue weighted by Gasteiger charge is -2.45. The van der Waals surface area contributed by atoms with Gasteiger partial charge in [-0.2, -0.15) is 4.98 Å². The van der Waals surface area contributed by atoms with Crippen LogP contribution >= 0.6 is 0 Å². The molecule has 11 nitrogen and oxygen atoms in total. The third-order valence-electron chi connectivity index (χ3n) is 7.39. The van der Waals surface area contributed by atoms with Crippen molar-refractivity contribution in [1.82, 2.24) is 24.8 Å². The summed E-state index contributed by atoms with van der Waals surface area (Å²) in [5, 5.41) is 0. The van der Waals surface area contributed by atoms with Crippen molar-refractivity contribution < 1.29 is 14.3 Å². The SMILES string of the molecule is CC(C)(C)OC(=O)N1CC2(N3CCc4c(-c5cnc(N)nc5)nc(N5CCOCC5)nc43)CC1C2. The molecule has 186 valence electrons. The first-order chi connectivity index (χ1) is 16.7. The second-order valence-corrected chi connectivity index (χ2v) is 10.9. The molecule has 1 saturated carbocycles. The van der Waals surface area contributed by atoms with Crippen LogP contribution in [0.15, 0.2) is 12.4 Å². The molecule has 2 bridgehead atoms. The van der Waals surface area contributed by atoms with E-state index in [1.165, 1.54) is 0 Å². The Hall–Kier alpha value is -3.21. The van der Waals surface area contributed by atoms with Gasteiger partial charge in [0.2, 0.25) is 11.9 Å². The summed E-state index contributed by atoms with van der Waals surface area (Å²) in [7, 11) is 0. The van der Waals surface area contributed by atoms with Crippen LogP contribution in [0.1, 0.15) is 39.2 Å². The summed E-state index contributed by atoms with van der Waals surface area (Å²) < 4.78 is 11.2. The van der Waals surface area contributed by atoms with Gasteiger partial charge < -0.3 is 29.9 Å². The fourth-order valence-corrected chi connectivity index (χ4v) is 5.76. The molecule has 2 N–H and O–H groups in total. The number of carbonyl (C=O) groups is 1. The van der Waals surface area contributed by atoms with Crippen LogP contribution in [0.5, 0.6) is 0 Å². The maximum absolute atomic E-state index is 12.8. The van der Waals surface area contributed by atoms with Crippen molar-refractivity contribution in [3.05, 3.63) is 18.0 Å². The summed E-state index contributed by atoms with van der Waals surface area (Å²) >= 11 is 0. The summed E-state index contributed by atoms with van der Waals surface area (Å²) in [6.45, 7) is 10.0. The van der Waals surface area contributed by atoms with Crippen molar-refractivity contribution in [2.24, 2.45) is 0 Å². The summed E-state index contributed by atoms with van der Waals surface area (Å²) in [6.07, 6.45) is 5.93. The van der Waals surface area contributed by atoms with E-state index in [4.69, 9.17) is 25.2 Å². The second-order valence-electron chi connectivity index (χ2n) is 10.9. The van der Waals surface area contributed by atoms with Crippen molar-refractivity contribution in [2.75, 3.05) is 54.9 Å². The molecule has 7 rings (SSSR count). The topological polar surface area (TPSA) is 123 Å². The molecule has 11 heteroatoms. The maximum Gasteiger partial charge on any atom is 0.410 e. The summed E-state index contributed by atoms with van der Waals surface area (Å²) in [4.78, 5) is 37.8. The monoisotopic (exact) mass is 480 g/mol. The van der Waals surface area contributed by atoms with Crippen LogP contribution < -0.4 is 15.5 Å². The Bertz CT molecular complexity index is 1140. The number of hydrogen-bond donors (Lipinski definition) is 1. The van der Waals surface area contributed by atoms with Crippen molar-refractivity contribution in [3.8, 4) is 11.3 Å². The number of carbonyl (C=O) groups excluding carboxylic acids is 1. The predicted molar refractivity (Wildman–Crippen MR) is 130 cm³/mol. The van der Waals surface area contributed by atoms with Crippen LogP contribution in [0, 0.1) is 0 Å². The zero-order chi connectivity index (χ0) is 24.4. The van der Waals surface area contributed by atoms with Crippen molar-refractivity contribution >= 4 is 23.8 Å². The molecule has 2 aromatic heterocycles. The van der Waals surface area contributed by atoms with Gasteiger partial charge in [0.1, 0.15) is 11.4 Å². The van der Waals surface area contributed by atoms with Gasteiger partial charge in [0, 0.05) is 55.7 Å². The molecule has 0 atom stereocenters. The fourth-order valence-electron chi connectivity index (χ4n) is 5.76. The average molecular weight is 481 g/mol. The third-order valence-corrected chi connectivity index (χ3v) is 7.39. The zero-order valence-corrected chi connectivity index (χ0v) is 20.5. The summed E-state index contributed by atoms with van der Waals surface area (Å²) in [6, 6.07) is 0.222. The van der Waals surface area contributed by atoms with Gasteiger partial charge in [0.25, 0.3) is 0 Å². The Morgan fingerprint density at radius 3 is 2.54 bits per heavy atom. The molecule has 1 aliphatic carbocycles.